The van der Waals surface area contributed by atoms with Gasteiger partial charge in [-0.05, 0) is 0 Å². The van der Waals surface area contributed by atoms with E-state index >= 15 is 0 Å². The lowest BCUT2D eigenvalue weighted by Gasteiger charge is -2.09. The van der Waals surface area contributed by atoms with E-state index in [4.69, 9.17) is 0 Å². The second-order valence-corrected chi connectivity index (χ2v) is 3.00. The van der Waals surface area contributed by atoms with Crippen LogP contribution < -0.4 is 0 Å². The molecular weight excluding hydrogens is 244 g/mol. The van der Waals surface area contributed by atoms with E-state index in [2.05, 4.69) is 9.47 Å². The van der Waals surface area contributed by atoms with Crippen LogP contribution in [0.3, 0.4) is 0 Å². The Morgan fingerprint density at radius 2 is 1.13 bits per heavy atom. The van der Waals surface area contributed by atoms with Crippen LogP contribution in [0.4, 0.5) is 35.1 Å². The molecule has 2 fully saturated rings. The Hall–Kier alpha value is -0.640. The summed E-state index contributed by atoms with van der Waals surface area (Å²) in [5.41, 5.74) is 0. The maximum Gasteiger partial charge on any atom is 0.455 e. The van der Waals surface area contributed by atoms with Gasteiger partial charge in [0.05, 0.1) is 0 Å². The average molecular weight is 244 g/mol. The van der Waals surface area contributed by atoms with Crippen molar-refractivity contribution in [1.82, 2.24) is 0 Å². The van der Waals surface area contributed by atoms with Gasteiger partial charge >= 0.3 is 29.8 Å². The molecule has 0 spiro atoms. The molecule has 3 unspecified atom stereocenters. The first-order valence-corrected chi connectivity index (χ1v) is 3.33. The molecule has 2 rings (SSSR count). The van der Waals surface area contributed by atoms with Gasteiger partial charge in [0.15, 0.2) is 0 Å². The lowest BCUT2D eigenvalue weighted by Crippen LogP contribution is -2.42. The lowest BCUT2D eigenvalue weighted by atomic mass is 10.1. The summed E-state index contributed by atoms with van der Waals surface area (Å²) in [6.45, 7) is 0. The van der Waals surface area contributed by atoms with Gasteiger partial charge in [-0.15, -0.1) is 0 Å². The summed E-state index contributed by atoms with van der Waals surface area (Å²) in [5, 5.41) is 0. The van der Waals surface area contributed by atoms with Crippen molar-refractivity contribution in [3.63, 3.8) is 0 Å². The largest absolute Gasteiger partial charge is 0.455 e. The number of alkyl halides is 8. The predicted molar refractivity (Wildman–Crippen MR) is 24.7 cm³/mol. The monoisotopic (exact) mass is 244 g/mol. The van der Waals surface area contributed by atoms with Gasteiger partial charge < -0.3 is 0 Å². The van der Waals surface area contributed by atoms with Gasteiger partial charge in [-0.1, -0.05) is 0 Å². The molecule has 0 saturated carbocycles. The van der Waals surface area contributed by atoms with E-state index in [9.17, 15) is 35.1 Å². The number of rotatable bonds is 1. The van der Waals surface area contributed by atoms with Gasteiger partial charge in [0.2, 0.25) is 0 Å². The van der Waals surface area contributed by atoms with Crippen LogP contribution in [0.15, 0.2) is 0 Å². The summed E-state index contributed by atoms with van der Waals surface area (Å²) < 4.78 is 103. The topological polar surface area (TPSA) is 25.1 Å². The lowest BCUT2D eigenvalue weighted by molar-refractivity contribution is -0.231. The van der Waals surface area contributed by atoms with Crippen LogP contribution in [0.5, 0.6) is 0 Å². The fourth-order valence-electron chi connectivity index (χ4n) is 1.08. The highest BCUT2D eigenvalue weighted by atomic mass is 19.4. The highest BCUT2D eigenvalue weighted by molar-refractivity contribution is 5.21. The van der Waals surface area contributed by atoms with E-state index in [1.807, 2.05) is 0 Å². The summed E-state index contributed by atoms with van der Waals surface area (Å²) in [6, 6.07) is 0. The number of hydrogen-bond donors (Lipinski definition) is 0. The fraction of sp³-hybridized carbons (Fsp3) is 1.00. The SMILES string of the molecule is FC(F)(F)C1(F)OC1(F)C1(F)OC1(F)F. The number of epoxide rings is 2. The molecule has 88 valence electrons. The van der Waals surface area contributed by atoms with Crippen LogP contribution >= 0.6 is 0 Å². The van der Waals surface area contributed by atoms with Crippen molar-refractivity contribution in [3.8, 4) is 0 Å². The molecule has 2 saturated heterocycles. The Labute approximate surface area is 75.7 Å². The molecule has 0 aromatic rings. The van der Waals surface area contributed by atoms with Crippen molar-refractivity contribution >= 4 is 0 Å². The number of hydrogen-bond acceptors (Lipinski definition) is 2. The van der Waals surface area contributed by atoms with Crippen LogP contribution in [0.25, 0.3) is 0 Å². The van der Waals surface area contributed by atoms with Crippen LogP contribution in [0.1, 0.15) is 0 Å². The summed E-state index contributed by atoms with van der Waals surface area (Å²) in [6.07, 6.45) is -10.8. The van der Waals surface area contributed by atoms with Gasteiger partial charge in [-0.2, -0.15) is 35.1 Å². The summed E-state index contributed by atoms with van der Waals surface area (Å²) >= 11 is 0. The molecule has 2 nitrogen and oxygen atoms in total. The zero-order valence-electron chi connectivity index (χ0n) is 6.34. The minimum absolute atomic E-state index is 2.77. The number of halogens is 8. The van der Waals surface area contributed by atoms with Crippen molar-refractivity contribution in [2.45, 2.75) is 29.8 Å². The highest BCUT2D eigenvalue weighted by Gasteiger charge is 3.05. The third-order valence-corrected chi connectivity index (χ3v) is 2.03. The third-order valence-electron chi connectivity index (χ3n) is 2.03. The molecule has 0 aromatic heterocycles. The molecule has 0 bridgehead atoms. The van der Waals surface area contributed by atoms with Crippen LogP contribution in [-0.2, 0) is 9.47 Å². The van der Waals surface area contributed by atoms with Gasteiger partial charge in [-0.3, -0.25) is 9.47 Å². The Kier molecular flexibility index (Phi) is 1.50. The maximum absolute atomic E-state index is 12.8. The van der Waals surface area contributed by atoms with Crippen molar-refractivity contribution < 1.29 is 44.6 Å². The molecule has 3 atom stereocenters. The first-order valence-electron chi connectivity index (χ1n) is 3.33. The zero-order valence-corrected chi connectivity index (χ0v) is 6.34. The second kappa shape index (κ2) is 2.08. The van der Waals surface area contributed by atoms with E-state index in [0.717, 1.165) is 0 Å². The van der Waals surface area contributed by atoms with E-state index in [-0.39, 0.29) is 0 Å². The van der Waals surface area contributed by atoms with E-state index in [1.54, 1.807) is 0 Å². The van der Waals surface area contributed by atoms with Crippen molar-refractivity contribution in [2.75, 3.05) is 0 Å². The standard InChI is InChI=1S/C5F8O2/c6-1(3(8)5(12,13)15-3)2(7,14-1)4(9,10)11. The smallest absolute Gasteiger partial charge is 0.286 e. The van der Waals surface area contributed by atoms with E-state index in [1.165, 1.54) is 0 Å². The normalized spacial score (nSPS) is 52.8. The second-order valence-electron chi connectivity index (χ2n) is 3.00. The molecule has 10 heteroatoms. The molecule has 0 N–H and O–H groups in total. The number of ether oxygens (including phenoxy) is 2. The first-order chi connectivity index (χ1) is 6.41. The summed E-state index contributed by atoms with van der Waals surface area (Å²) in [7, 11) is 0. The van der Waals surface area contributed by atoms with Crippen LogP contribution in [-0.4, -0.2) is 29.8 Å². The third kappa shape index (κ3) is 0.917. The van der Waals surface area contributed by atoms with E-state index in [0.29, 0.717) is 0 Å². The molecule has 0 aromatic carbocycles. The average Bonchev–Trinajstić information content (AvgIpc) is 2.71. The van der Waals surface area contributed by atoms with Gasteiger partial charge in [0.25, 0.3) is 0 Å². The Balaban J connectivity index is 2.29. The summed E-state index contributed by atoms with van der Waals surface area (Å²) in [4.78, 5) is 0. The minimum atomic E-state index is -5.97. The molecule has 2 aliphatic rings. The molecule has 0 aliphatic carbocycles. The summed E-state index contributed by atoms with van der Waals surface area (Å²) in [5.74, 6) is -14.7. The molecule has 2 aliphatic heterocycles. The van der Waals surface area contributed by atoms with Gasteiger partial charge in [0, 0.05) is 0 Å². The molecular formula is C5F8O2. The molecule has 0 amide bonds. The van der Waals surface area contributed by atoms with Gasteiger partial charge in [-0.25, -0.2) is 0 Å². The van der Waals surface area contributed by atoms with E-state index < -0.39 is 29.8 Å². The fourth-order valence-corrected chi connectivity index (χ4v) is 1.08. The van der Waals surface area contributed by atoms with Crippen molar-refractivity contribution in [3.05, 3.63) is 0 Å². The van der Waals surface area contributed by atoms with Crippen LogP contribution in [0.2, 0.25) is 0 Å². The Morgan fingerprint density at radius 1 is 0.733 bits per heavy atom. The van der Waals surface area contributed by atoms with Crippen molar-refractivity contribution in [2.24, 2.45) is 0 Å². The molecule has 2 heterocycles. The Morgan fingerprint density at radius 3 is 1.33 bits per heavy atom. The molecule has 15 heavy (non-hydrogen) atoms. The van der Waals surface area contributed by atoms with Crippen molar-refractivity contribution in [1.29, 1.82) is 0 Å². The molecule has 0 radical (unpaired) electrons. The highest BCUT2D eigenvalue weighted by Crippen LogP contribution is 2.74. The quantitative estimate of drug-likeness (QED) is 0.521. The maximum atomic E-state index is 12.8. The first kappa shape index (κ1) is 10.9. The van der Waals surface area contributed by atoms with Crippen LogP contribution in [0, 0.1) is 0 Å². The minimum Gasteiger partial charge on any atom is -0.286 e. The Bertz CT molecular complexity index is 327. The van der Waals surface area contributed by atoms with Gasteiger partial charge in [0.1, 0.15) is 0 Å². The predicted octanol–water partition coefficient (Wildman–Crippen LogP) is 2.20. The zero-order chi connectivity index (χ0) is 11.9.